The van der Waals surface area contributed by atoms with Gasteiger partial charge in [0.25, 0.3) is 0 Å². The van der Waals surface area contributed by atoms with E-state index in [0.717, 1.165) is 5.75 Å². The molecule has 0 aliphatic rings. The molecule has 0 unspecified atom stereocenters. The van der Waals surface area contributed by atoms with Gasteiger partial charge in [-0.05, 0) is 47.4 Å². The van der Waals surface area contributed by atoms with Gasteiger partial charge >= 0.3 is 0 Å². The Morgan fingerprint density at radius 2 is 1.55 bits per heavy atom. The third kappa shape index (κ3) is 3.45. The SMILES string of the molecule is COc1ccc(C(C)(C)C)cc1Oc1ccc(Cl)cc1. The average molecular weight is 291 g/mol. The topological polar surface area (TPSA) is 18.5 Å². The Labute approximate surface area is 125 Å². The lowest BCUT2D eigenvalue weighted by Crippen LogP contribution is -2.11. The van der Waals surface area contributed by atoms with Crippen LogP contribution in [-0.4, -0.2) is 7.11 Å². The number of halogens is 1. The number of hydrogen-bond acceptors (Lipinski definition) is 2. The van der Waals surface area contributed by atoms with Gasteiger partial charge in [0.05, 0.1) is 7.11 Å². The molecule has 0 N–H and O–H groups in total. The molecular weight excluding hydrogens is 272 g/mol. The summed E-state index contributed by atoms with van der Waals surface area (Å²) in [6.07, 6.45) is 0. The lowest BCUT2D eigenvalue weighted by molar-refractivity contribution is 0.377. The van der Waals surface area contributed by atoms with Gasteiger partial charge < -0.3 is 9.47 Å². The molecule has 0 aliphatic carbocycles. The fourth-order valence-corrected chi connectivity index (χ4v) is 1.98. The number of benzene rings is 2. The predicted molar refractivity (Wildman–Crippen MR) is 83.2 cm³/mol. The molecule has 0 fully saturated rings. The Kier molecular flexibility index (Phi) is 4.24. The molecule has 0 saturated carbocycles. The van der Waals surface area contributed by atoms with Crippen molar-refractivity contribution in [1.29, 1.82) is 0 Å². The maximum Gasteiger partial charge on any atom is 0.169 e. The number of rotatable bonds is 3. The van der Waals surface area contributed by atoms with Crippen LogP contribution in [0.3, 0.4) is 0 Å². The van der Waals surface area contributed by atoms with Gasteiger partial charge in [0.2, 0.25) is 0 Å². The van der Waals surface area contributed by atoms with Crippen LogP contribution in [-0.2, 0) is 5.41 Å². The maximum atomic E-state index is 5.91. The van der Waals surface area contributed by atoms with Crippen molar-refractivity contribution < 1.29 is 9.47 Å². The molecule has 106 valence electrons. The highest BCUT2D eigenvalue weighted by Gasteiger charge is 2.16. The van der Waals surface area contributed by atoms with E-state index in [1.807, 2.05) is 24.3 Å². The van der Waals surface area contributed by atoms with Crippen molar-refractivity contribution in [3.63, 3.8) is 0 Å². The molecule has 0 heterocycles. The van der Waals surface area contributed by atoms with Crippen molar-refractivity contribution in [3.05, 3.63) is 53.1 Å². The van der Waals surface area contributed by atoms with E-state index in [1.54, 1.807) is 19.2 Å². The highest BCUT2D eigenvalue weighted by atomic mass is 35.5. The highest BCUT2D eigenvalue weighted by Crippen LogP contribution is 2.36. The fourth-order valence-electron chi connectivity index (χ4n) is 1.85. The first kappa shape index (κ1) is 14.7. The Morgan fingerprint density at radius 3 is 2.10 bits per heavy atom. The lowest BCUT2D eigenvalue weighted by Gasteiger charge is -2.21. The van der Waals surface area contributed by atoms with E-state index in [2.05, 4.69) is 26.8 Å². The highest BCUT2D eigenvalue weighted by molar-refractivity contribution is 6.30. The van der Waals surface area contributed by atoms with E-state index in [4.69, 9.17) is 21.1 Å². The van der Waals surface area contributed by atoms with Crippen LogP contribution in [0.1, 0.15) is 26.3 Å². The standard InChI is InChI=1S/C17H19ClO2/c1-17(2,3)12-5-10-15(19-4)16(11-12)20-14-8-6-13(18)7-9-14/h5-11H,1-4H3. The molecule has 2 nitrogen and oxygen atoms in total. The molecule has 0 radical (unpaired) electrons. The van der Waals surface area contributed by atoms with Crippen molar-refractivity contribution in [3.8, 4) is 17.2 Å². The first-order valence-corrected chi connectivity index (χ1v) is 6.90. The third-order valence-electron chi connectivity index (χ3n) is 3.07. The monoisotopic (exact) mass is 290 g/mol. The van der Waals surface area contributed by atoms with Crippen molar-refractivity contribution in [2.24, 2.45) is 0 Å². The van der Waals surface area contributed by atoms with Crippen LogP contribution in [0.2, 0.25) is 5.02 Å². The van der Waals surface area contributed by atoms with Crippen LogP contribution in [0.4, 0.5) is 0 Å². The van der Waals surface area contributed by atoms with Crippen LogP contribution < -0.4 is 9.47 Å². The molecule has 3 heteroatoms. The number of hydrogen-bond donors (Lipinski definition) is 0. The summed E-state index contributed by atoms with van der Waals surface area (Å²) < 4.78 is 11.3. The van der Waals surface area contributed by atoms with E-state index in [9.17, 15) is 0 Å². The predicted octanol–water partition coefficient (Wildman–Crippen LogP) is 5.44. The average Bonchev–Trinajstić information content (AvgIpc) is 2.40. The summed E-state index contributed by atoms with van der Waals surface area (Å²) >= 11 is 5.88. The van der Waals surface area contributed by atoms with Gasteiger partial charge in [-0.3, -0.25) is 0 Å². The molecule has 0 amide bonds. The third-order valence-corrected chi connectivity index (χ3v) is 3.32. The zero-order valence-electron chi connectivity index (χ0n) is 12.2. The molecule has 0 bridgehead atoms. The van der Waals surface area contributed by atoms with Crippen molar-refractivity contribution >= 4 is 11.6 Å². The first-order valence-electron chi connectivity index (χ1n) is 6.52. The van der Waals surface area contributed by atoms with Gasteiger partial charge in [-0.25, -0.2) is 0 Å². The van der Waals surface area contributed by atoms with Crippen molar-refractivity contribution in [2.45, 2.75) is 26.2 Å². The van der Waals surface area contributed by atoms with Crippen LogP contribution in [0.15, 0.2) is 42.5 Å². The smallest absolute Gasteiger partial charge is 0.169 e. The minimum atomic E-state index is 0.0599. The Hall–Kier alpha value is -1.67. The first-order chi connectivity index (χ1) is 9.40. The van der Waals surface area contributed by atoms with Crippen molar-refractivity contribution in [1.82, 2.24) is 0 Å². The van der Waals surface area contributed by atoms with Gasteiger partial charge in [0.15, 0.2) is 11.5 Å². The molecule has 2 aromatic carbocycles. The minimum Gasteiger partial charge on any atom is -0.493 e. The van der Waals surface area contributed by atoms with Gasteiger partial charge in [0.1, 0.15) is 5.75 Å². The van der Waals surface area contributed by atoms with Crippen molar-refractivity contribution in [2.75, 3.05) is 7.11 Å². The van der Waals surface area contributed by atoms with Gasteiger partial charge in [-0.1, -0.05) is 38.4 Å². The summed E-state index contributed by atoms with van der Waals surface area (Å²) in [5.74, 6) is 2.16. The Bertz CT molecular complexity index is 583. The number of methoxy groups -OCH3 is 1. The second-order valence-electron chi connectivity index (χ2n) is 5.67. The fraction of sp³-hybridized carbons (Fsp3) is 0.294. The van der Waals surface area contributed by atoms with E-state index < -0.39 is 0 Å². The van der Waals surface area contributed by atoms with E-state index in [-0.39, 0.29) is 5.41 Å². The van der Waals surface area contributed by atoms with Gasteiger partial charge in [-0.2, -0.15) is 0 Å². The largest absolute Gasteiger partial charge is 0.493 e. The zero-order valence-corrected chi connectivity index (χ0v) is 13.0. The normalized spacial score (nSPS) is 11.2. The molecular formula is C17H19ClO2. The van der Waals surface area contributed by atoms with Crippen LogP contribution >= 0.6 is 11.6 Å². The lowest BCUT2D eigenvalue weighted by atomic mass is 9.87. The molecule has 0 aromatic heterocycles. The Morgan fingerprint density at radius 1 is 0.900 bits per heavy atom. The van der Waals surface area contributed by atoms with E-state index in [1.165, 1.54) is 5.56 Å². The summed E-state index contributed by atoms with van der Waals surface area (Å²) in [7, 11) is 1.64. The molecule has 0 saturated heterocycles. The van der Waals surface area contributed by atoms with Crippen LogP contribution in [0.25, 0.3) is 0 Å². The van der Waals surface area contributed by atoms with E-state index in [0.29, 0.717) is 16.5 Å². The summed E-state index contributed by atoms with van der Waals surface area (Å²) in [5, 5.41) is 0.688. The summed E-state index contributed by atoms with van der Waals surface area (Å²) in [6, 6.07) is 13.3. The summed E-state index contributed by atoms with van der Waals surface area (Å²) in [4.78, 5) is 0. The molecule has 0 atom stereocenters. The summed E-state index contributed by atoms with van der Waals surface area (Å²) in [6.45, 7) is 6.50. The zero-order chi connectivity index (χ0) is 14.8. The molecule has 2 aromatic rings. The van der Waals surface area contributed by atoms with E-state index >= 15 is 0 Å². The number of ether oxygens (including phenoxy) is 2. The molecule has 2 rings (SSSR count). The minimum absolute atomic E-state index is 0.0599. The molecule has 0 aliphatic heterocycles. The van der Waals surface area contributed by atoms with Crippen LogP contribution in [0.5, 0.6) is 17.2 Å². The summed E-state index contributed by atoms with van der Waals surface area (Å²) in [5.41, 5.74) is 1.26. The quantitative estimate of drug-likeness (QED) is 0.749. The molecule has 20 heavy (non-hydrogen) atoms. The molecule has 0 spiro atoms. The Balaban J connectivity index is 2.35. The second kappa shape index (κ2) is 5.76. The van der Waals surface area contributed by atoms with Gasteiger partial charge in [-0.15, -0.1) is 0 Å². The van der Waals surface area contributed by atoms with Crippen LogP contribution in [0, 0.1) is 0 Å². The second-order valence-corrected chi connectivity index (χ2v) is 6.11. The maximum absolute atomic E-state index is 5.91. The van der Waals surface area contributed by atoms with Gasteiger partial charge in [0, 0.05) is 5.02 Å².